The molecule has 0 aromatic heterocycles. The van der Waals surface area contributed by atoms with Gasteiger partial charge in [0.15, 0.2) is 12.2 Å². The minimum absolute atomic E-state index is 0.0258. The molecule has 0 aliphatic rings. The fourth-order valence-electron chi connectivity index (χ4n) is 0.906. The Hall–Kier alpha value is -1.79. The Labute approximate surface area is 120 Å². The second-order valence-electron chi connectivity index (χ2n) is 3.99. The summed E-state index contributed by atoms with van der Waals surface area (Å²) in [5, 5.41) is 58.4. The van der Waals surface area contributed by atoms with Gasteiger partial charge in [0, 0.05) is 7.05 Å². The van der Waals surface area contributed by atoms with E-state index in [4.69, 9.17) is 41.8 Å². The van der Waals surface area contributed by atoms with Gasteiger partial charge in [0.05, 0.1) is 6.61 Å². The Morgan fingerprint density at radius 2 is 1.76 bits per heavy atom. The second-order valence-corrected chi connectivity index (χ2v) is 3.99. The van der Waals surface area contributed by atoms with Gasteiger partial charge in [-0.05, 0) is 0 Å². The molecular weight excluding hydrogens is 290 g/mol. The van der Waals surface area contributed by atoms with Crippen LogP contribution in [0.25, 0.3) is 0 Å². The van der Waals surface area contributed by atoms with Crippen molar-refractivity contribution in [2.75, 3.05) is 20.2 Å². The molecule has 11 heteroatoms. The van der Waals surface area contributed by atoms with Crippen molar-refractivity contribution < 1.29 is 40.2 Å². The van der Waals surface area contributed by atoms with Crippen molar-refractivity contribution >= 4 is 18.2 Å². The fourth-order valence-corrected chi connectivity index (χ4v) is 0.906. The maximum Gasteiger partial charge on any atom is 0.323 e. The number of carboxylic acid groups (broad SMARTS) is 1. The third-order valence-corrected chi connectivity index (χ3v) is 2.20. The minimum Gasteiger partial charge on any atom is -0.480 e. The van der Waals surface area contributed by atoms with Gasteiger partial charge in [-0.25, -0.2) is 0 Å². The molecule has 0 aromatic rings. The predicted octanol–water partition coefficient (Wildman–Crippen LogP) is -4.48. The summed E-state index contributed by atoms with van der Waals surface area (Å²) in [6.07, 6.45) is -6.84. The van der Waals surface area contributed by atoms with Crippen LogP contribution in [0.2, 0.25) is 0 Å². The lowest BCUT2D eigenvalue weighted by Crippen LogP contribution is -2.46. The van der Waals surface area contributed by atoms with E-state index in [0.29, 0.717) is 0 Å². The number of carboxylic acids is 1. The molecule has 4 unspecified atom stereocenters. The number of guanidine groups is 1. The summed E-state index contributed by atoms with van der Waals surface area (Å²) >= 11 is 0. The summed E-state index contributed by atoms with van der Waals surface area (Å²) in [5.41, 5.74) is 4.93. The number of likely N-dealkylation sites (N-methyl/N-ethyl adjacent to an activating group) is 1. The van der Waals surface area contributed by atoms with Crippen LogP contribution in [0.15, 0.2) is 0 Å². The molecule has 0 aliphatic heterocycles. The monoisotopic (exact) mass is 311 g/mol. The third kappa shape index (κ3) is 9.70. The SMILES string of the molecule is CN(CC(=O)O)C(=N)N.O=CC(O)C(O)C(O)C(O)CO. The first-order valence-corrected chi connectivity index (χ1v) is 5.63. The van der Waals surface area contributed by atoms with Crippen LogP contribution in [0, 0.1) is 5.41 Å². The lowest BCUT2D eigenvalue weighted by atomic mass is 10.0. The summed E-state index contributed by atoms with van der Waals surface area (Å²) in [6, 6.07) is 0. The number of hydrogen-bond acceptors (Lipinski definition) is 8. The van der Waals surface area contributed by atoms with E-state index in [1.165, 1.54) is 7.05 Å². The Kier molecular flexibility index (Phi) is 11.2. The highest BCUT2D eigenvalue weighted by molar-refractivity contribution is 5.79. The van der Waals surface area contributed by atoms with Crippen molar-refractivity contribution in [1.29, 1.82) is 5.41 Å². The number of hydrogen-bond donors (Lipinski definition) is 8. The summed E-state index contributed by atoms with van der Waals surface area (Å²) in [7, 11) is 1.44. The predicted molar refractivity (Wildman–Crippen MR) is 69.4 cm³/mol. The number of aliphatic carboxylic acids is 1. The van der Waals surface area contributed by atoms with E-state index < -0.39 is 37.0 Å². The zero-order chi connectivity index (χ0) is 17.2. The van der Waals surface area contributed by atoms with Crippen molar-refractivity contribution in [1.82, 2.24) is 4.90 Å². The lowest BCUT2D eigenvalue weighted by Gasteiger charge is -2.22. The van der Waals surface area contributed by atoms with E-state index in [0.717, 1.165) is 4.90 Å². The van der Waals surface area contributed by atoms with Gasteiger partial charge in [-0.3, -0.25) is 10.2 Å². The molecule has 0 aromatic carbocycles. The van der Waals surface area contributed by atoms with E-state index in [1.54, 1.807) is 0 Å². The Morgan fingerprint density at radius 3 is 2.00 bits per heavy atom. The average molecular weight is 311 g/mol. The molecule has 0 saturated carbocycles. The van der Waals surface area contributed by atoms with Crippen molar-refractivity contribution in [2.24, 2.45) is 5.73 Å². The van der Waals surface area contributed by atoms with Crippen LogP contribution in [0.3, 0.4) is 0 Å². The number of nitrogens with zero attached hydrogens (tertiary/aromatic N) is 1. The molecule has 0 rings (SSSR count). The van der Waals surface area contributed by atoms with Gasteiger partial charge in [0.1, 0.15) is 31.0 Å². The zero-order valence-corrected chi connectivity index (χ0v) is 11.3. The van der Waals surface area contributed by atoms with Gasteiger partial charge >= 0.3 is 5.97 Å². The van der Waals surface area contributed by atoms with Crippen LogP contribution in [-0.4, -0.2) is 98.4 Å². The van der Waals surface area contributed by atoms with Crippen LogP contribution in [0.5, 0.6) is 0 Å². The van der Waals surface area contributed by atoms with Gasteiger partial charge in [-0.2, -0.15) is 0 Å². The van der Waals surface area contributed by atoms with Crippen LogP contribution in [0.1, 0.15) is 0 Å². The van der Waals surface area contributed by atoms with E-state index in [1.807, 2.05) is 0 Å². The zero-order valence-electron chi connectivity index (χ0n) is 11.3. The largest absolute Gasteiger partial charge is 0.480 e. The molecule has 9 N–H and O–H groups in total. The smallest absolute Gasteiger partial charge is 0.323 e. The highest BCUT2D eigenvalue weighted by Gasteiger charge is 2.29. The molecule has 0 aliphatic carbocycles. The van der Waals surface area contributed by atoms with Crippen LogP contribution in [0.4, 0.5) is 0 Å². The summed E-state index contributed by atoms with van der Waals surface area (Å²) in [6.45, 7) is -0.987. The normalized spacial score (nSPS) is 15.7. The molecule has 0 saturated heterocycles. The van der Waals surface area contributed by atoms with Crippen molar-refractivity contribution in [3.8, 4) is 0 Å². The number of aliphatic hydroxyl groups excluding tert-OH is 5. The van der Waals surface area contributed by atoms with Crippen LogP contribution >= 0.6 is 0 Å². The van der Waals surface area contributed by atoms with Crippen LogP contribution < -0.4 is 5.73 Å². The topological polar surface area (TPSA) is 209 Å². The molecule has 124 valence electrons. The molecule has 0 bridgehead atoms. The first-order valence-electron chi connectivity index (χ1n) is 5.63. The second kappa shape index (κ2) is 10.9. The molecular formula is C10H21N3O8. The minimum atomic E-state index is -1.79. The number of aldehydes is 1. The maximum atomic E-state index is 9.92. The molecule has 4 atom stereocenters. The summed E-state index contributed by atoms with van der Waals surface area (Å²) in [5.74, 6) is -1.23. The number of nitrogens with one attached hydrogen (secondary N) is 1. The molecule has 0 amide bonds. The van der Waals surface area contributed by atoms with E-state index in [-0.39, 0.29) is 18.8 Å². The average Bonchev–Trinajstić information content (AvgIpc) is 2.43. The number of aliphatic hydroxyl groups is 5. The number of rotatable bonds is 7. The van der Waals surface area contributed by atoms with Gasteiger partial charge < -0.3 is 46.1 Å². The number of carbonyl (C=O) groups excluding carboxylic acids is 1. The number of carbonyl (C=O) groups is 2. The fraction of sp³-hybridized carbons (Fsp3) is 0.700. The molecule has 0 heterocycles. The lowest BCUT2D eigenvalue weighted by molar-refractivity contribution is -0.137. The first-order chi connectivity index (χ1) is 9.58. The highest BCUT2D eigenvalue weighted by Crippen LogP contribution is 2.02. The van der Waals surface area contributed by atoms with E-state index in [9.17, 15) is 9.59 Å². The van der Waals surface area contributed by atoms with Crippen LogP contribution in [-0.2, 0) is 9.59 Å². The third-order valence-electron chi connectivity index (χ3n) is 2.20. The molecule has 11 nitrogen and oxygen atoms in total. The molecule has 0 spiro atoms. The molecule has 0 radical (unpaired) electrons. The van der Waals surface area contributed by atoms with Crippen molar-refractivity contribution in [2.45, 2.75) is 24.4 Å². The first kappa shape index (κ1) is 21.5. The Balaban J connectivity index is 0. The van der Waals surface area contributed by atoms with E-state index in [2.05, 4.69) is 0 Å². The quantitative estimate of drug-likeness (QED) is 0.128. The molecule has 0 fully saturated rings. The Bertz CT molecular complexity index is 340. The Morgan fingerprint density at radius 1 is 1.29 bits per heavy atom. The van der Waals surface area contributed by atoms with Crippen molar-refractivity contribution in [3.63, 3.8) is 0 Å². The van der Waals surface area contributed by atoms with Gasteiger partial charge in [0.25, 0.3) is 0 Å². The van der Waals surface area contributed by atoms with E-state index >= 15 is 0 Å². The maximum absolute atomic E-state index is 9.92. The van der Waals surface area contributed by atoms with Crippen molar-refractivity contribution in [3.05, 3.63) is 0 Å². The van der Waals surface area contributed by atoms with Gasteiger partial charge in [-0.1, -0.05) is 0 Å². The standard InChI is InChI=1S/C6H12O6.C4H9N3O2/c7-1-3(9)5(11)6(12)4(10)2-8;1-7(4(5)6)2-3(8)9/h1,3-6,8-12H,2H2;2H2,1H3,(H3,5,6)(H,8,9). The van der Waals surface area contributed by atoms with Gasteiger partial charge in [0.2, 0.25) is 0 Å². The summed E-state index contributed by atoms with van der Waals surface area (Å²) in [4.78, 5) is 20.9. The molecule has 21 heavy (non-hydrogen) atoms. The number of nitrogens with two attached hydrogens (primary N) is 1. The highest BCUT2D eigenvalue weighted by atomic mass is 16.4. The summed E-state index contributed by atoms with van der Waals surface area (Å²) < 4.78 is 0. The van der Waals surface area contributed by atoms with Gasteiger partial charge in [-0.15, -0.1) is 0 Å².